The predicted molar refractivity (Wildman–Crippen MR) is 151 cm³/mol. The minimum atomic E-state index is -0.306. The average Bonchev–Trinajstić information content (AvgIpc) is 3.37. The van der Waals surface area contributed by atoms with Crippen LogP contribution in [-0.4, -0.2) is 22.9 Å². The minimum absolute atomic E-state index is 0.0180. The molecule has 2 heterocycles. The van der Waals surface area contributed by atoms with Crippen LogP contribution in [0.4, 0.5) is 5.69 Å². The summed E-state index contributed by atoms with van der Waals surface area (Å²) in [5.74, 6) is 1.56. The number of hydrogen-bond donors (Lipinski definition) is 1. The van der Waals surface area contributed by atoms with Crippen LogP contribution in [0.1, 0.15) is 33.2 Å². The second-order valence-electron chi connectivity index (χ2n) is 8.82. The number of carbonyl (C=O) groups excluding carboxylic acids is 1. The van der Waals surface area contributed by atoms with Crippen LogP contribution in [0.15, 0.2) is 101 Å². The maximum Gasteiger partial charge on any atom is 0.258 e. The highest BCUT2D eigenvalue weighted by Crippen LogP contribution is 2.38. The lowest BCUT2D eigenvalue weighted by atomic mass is 10.0. The maximum absolute atomic E-state index is 13.7. The number of nitrogens with zero attached hydrogens (tertiary/aromatic N) is 2. The molecule has 6 rings (SSSR count). The van der Waals surface area contributed by atoms with Crippen LogP contribution in [0.2, 0.25) is 0 Å². The van der Waals surface area contributed by atoms with Gasteiger partial charge in [0.2, 0.25) is 0 Å². The monoisotopic (exact) mass is 523 g/mol. The van der Waals surface area contributed by atoms with Gasteiger partial charge in [0.1, 0.15) is 11.9 Å². The highest BCUT2D eigenvalue weighted by atomic mass is 32.2. The molecule has 5 aromatic rings. The smallest absolute Gasteiger partial charge is 0.258 e. The van der Waals surface area contributed by atoms with E-state index in [0.29, 0.717) is 17.9 Å². The average molecular weight is 524 g/mol. The van der Waals surface area contributed by atoms with Crippen LogP contribution in [0.3, 0.4) is 0 Å². The van der Waals surface area contributed by atoms with E-state index >= 15 is 0 Å². The molecule has 37 heavy (non-hydrogen) atoms. The van der Waals surface area contributed by atoms with Gasteiger partial charge in [-0.05, 0) is 47.5 Å². The summed E-state index contributed by atoms with van der Waals surface area (Å²) in [5.41, 5.74) is 5.73. The molecule has 5 nitrogen and oxygen atoms in total. The summed E-state index contributed by atoms with van der Waals surface area (Å²) in [6.07, 6.45) is -0.306. The quantitative estimate of drug-likeness (QED) is 0.226. The molecule has 1 N–H and O–H groups in total. The Morgan fingerprint density at radius 1 is 0.973 bits per heavy atom. The first-order chi connectivity index (χ1) is 18.2. The van der Waals surface area contributed by atoms with E-state index in [1.807, 2.05) is 77.7 Å². The molecule has 0 fully saturated rings. The summed E-state index contributed by atoms with van der Waals surface area (Å²) in [4.78, 5) is 20.3. The molecular formula is C30H25N3O2S2. The lowest BCUT2D eigenvalue weighted by molar-refractivity contribution is 0.0666. The minimum Gasteiger partial charge on any atom is -0.496 e. The van der Waals surface area contributed by atoms with Crippen molar-refractivity contribution in [2.75, 3.05) is 12.4 Å². The zero-order valence-corrected chi connectivity index (χ0v) is 21.9. The third kappa shape index (κ3) is 4.80. The van der Waals surface area contributed by atoms with Crippen LogP contribution in [-0.2, 0) is 12.3 Å². The van der Waals surface area contributed by atoms with E-state index in [9.17, 15) is 4.79 Å². The van der Waals surface area contributed by atoms with E-state index in [2.05, 4.69) is 29.6 Å². The number of rotatable bonds is 7. The molecule has 1 aromatic heterocycles. The Labute approximate surface area is 224 Å². The van der Waals surface area contributed by atoms with Crippen LogP contribution >= 0.6 is 23.1 Å². The standard InChI is InChI=1S/C30H25N3O2S2/c1-35-26-16-15-21(17-22(26)19-36-30-32-25-13-7-8-14-27(25)37-30)28-31-24-12-6-5-11-23(24)29(34)33(28)18-20-9-3-2-4-10-20/h2-17,28,31H,18-19H2,1H3/t28-/m0/s1. The number of thioether (sulfide) groups is 1. The summed E-state index contributed by atoms with van der Waals surface area (Å²) in [6.45, 7) is 0.507. The normalized spacial score (nSPS) is 14.9. The number of ether oxygens (including phenoxy) is 1. The zero-order chi connectivity index (χ0) is 25.2. The van der Waals surface area contributed by atoms with Crippen molar-refractivity contribution < 1.29 is 9.53 Å². The van der Waals surface area contributed by atoms with Gasteiger partial charge in [-0.1, -0.05) is 72.4 Å². The van der Waals surface area contributed by atoms with Gasteiger partial charge in [-0.2, -0.15) is 0 Å². The fourth-order valence-electron chi connectivity index (χ4n) is 4.63. The molecule has 0 saturated heterocycles. The third-order valence-electron chi connectivity index (χ3n) is 6.46. The Balaban J connectivity index is 1.33. The van der Waals surface area contributed by atoms with Crippen molar-refractivity contribution >= 4 is 44.9 Å². The van der Waals surface area contributed by atoms with E-state index in [-0.39, 0.29) is 12.1 Å². The molecule has 4 aromatic carbocycles. The lowest BCUT2D eigenvalue weighted by Gasteiger charge is -2.38. The van der Waals surface area contributed by atoms with Crippen LogP contribution in [0.5, 0.6) is 5.75 Å². The predicted octanol–water partition coefficient (Wildman–Crippen LogP) is 7.36. The van der Waals surface area contributed by atoms with Gasteiger partial charge in [0.15, 0.2) is 4.34 Å². The molecule has 1 aliphatic rings. The number of thiazole rings is 1. The van der Waals surface area contributed by atoms with Gasteiger partial charge in [-0.15, -0.1) is 11.3 Å². The second kappa shape index (κ2) is 10.3. The number of para-hydroxylation sites is 2. The summed E-state index contributed by atoms with van der Waals surface area (Å²) in [7, 11) is 1.70. The van der Waals surface area contributed by atoms with Crippen molar-refractivity contribution in [3.63, 3.8) is 0 Å². The second-order valence-corrected chi connectivity index (χ2v) is 11.1. The molecule has 1 atom stereocenters. The molecule has 0 unspecified atom stereocenters. The van der Waals surface area contributed by atoms with Gasteiger partial charge in [0, 0.05) is 23.5 Å². The third-order valence-corrected chi connectivity index (χ3v) is 8.69. The molecule has 0 radical (unpaired) electrons. The van der Waals surface area contributed by atoms with E-state index < -0.39 is 0 Å². The lowest BCUT2D eigenvalue weighted by Crippen LogP contribution is -2.42. The Hall–Kier alpha value is -3.81. The summed E-state index contributed by atoms with van der Waals surface area (Å²) in [6, 6.07) is 32.2. The Bertz CT molecular complexity index is 1530. The highest BCUT2D eigenvalue weighted by molar-refractivity contribution is 8.00. The molecule has 7 heteroatoms. The molecule has 184 valence electrons. The van der Waals surface area contributed by atoms with E-state index in [1.54, 1.807) is 30.2 Å². The van der Waals surface area contributed by atoms with Gasteiger partial charge >= 0.3 is 0 Å². The largest absolute Gasteiger partial charge is 0.496 e. The number of aromatic nitrogens is 1. The van der Waals surface area contributed by atoms with Crippen LogP contribution < -0.4 is 10.1 Å². The Morgan fingerprint density at radius 3 is 2.59 bits per heavy atom. The van der Waals surface area contributed by atoms with Gasteiger partial charge in [-0.3, -0.25) is 4.79 Å². The van der Waals surface area contributed by atoms with Crippen molar-refractivity contribution in [1.29, 1.82) is 0 Å². The number of hydrogen-bond acceptors (Lipinski definition) is 6. The van der Waals surface area contributed by atoms with E-state index in [0.717, 1.165) is 38.0 Å². The highest BCUT2D eigenvalue weighted by Gasteiger charge is 2.33. The van der Waals surface area contributed by atoms with E-state index in [1.165, 1.54) is 4.70 Å². The molecular weight excluding hydrogens is 498 g/mol. The molecule has 1 amide bonds. The van der Waals surface area contributed by atoms with Gasteiger partial charge in [0.05, 0.1) is 22.9 Å². The van der Waals surface area contributed by atoms with Gasteiger partial charge < -0.3 is 15.0 Å². The first-order valence-corrected chi connectivity index (χ1v) is 13.9. The van der Waals surface area contributed by atoms with Crippen molar-refractivity contribution in [3.8, 4) is 5.75 Å². The summed E-state index contributed by atoms with van der Waals surface area (Å²) < 4.78 is 7.92. The molecule has 0 aliphatic carbocycles. The first kappa shape index (κ1) is 23.6. The number of nitrogens with one attached hydrogen (secondary N) is 1. The fourth-order valence-corrected chi connectivity index (χ4v) is 6.68. The number of fused-ring (bicyclic) bond motifs is 2. The van der Waals surface area contributed by atoms with Crippen LogP contribution in [0.25, 0.3) is 10.2 Å². The van der Waals surface area contributed by atoms with Crippen molar-refractivity contribution in [2.24, 2.45) is 0 Å². The Morgan fingerprint density at radius 2 is 1.76 bits per heavy atom. The first-order valence-electron chi connectivity index (χ1n) is 12.1. The summed E-state index contributed by atoms with van der Waals surface area (Å²) >= 11 is 3.41. The Kier molecular flexibility index (Phi) is 6.55. The molecule has 0 saturated carbocycles. The molecule has 0 bridgehead atoms. The van der Waals surface area contributed by atoms with Crippen molar-refractivity contribution in [2.45, 2.75) is 22.8 Å². The SMILES string of the molecule is COc1ccc([C@H]2Nc3ccccc3C(=O)N2Cc2ccccc2)cc1CSc1nc2ccccc2s1. The fraction of sp³-hybridized carbons (Fsp3) is 0.133. The van der Waals surface area contributed by atoms with Crippen molar-refractivity contribution in [1.82, 2.24) is 9.88 Å². The van der Waals surface area contributed by atoms with Gasteiger partial charge in [0.25, 0.3) is 5.91 Å². The molecule has 0 spiro atoms. The topological polar surface area (TPSA) is 54.5 Å². The number of methoxy groups -OCH3 is 1. The zero-order valence-electron chi connectivity index (χ0n) is 20.3. The summed E-state index contributed by atoms with van der Waals surface area (Å²) in [5, 5.41) is 3.62. The number of benzene rings is 4. The van der Waals surface area contributed by atoms with E-state index in [4.69, 9.17) is 9.72 Å². The number of anilines is 1. The van der Waals surface area contributed by atoms with Crippen LogP contribution in [0, 0.1) is 0 Å². The number of carbonyl (C=O) groups is 1. The maximum atomic E-state index is 13.7. The molecule has 1 aliphatic heterocycles. The number of amides is 1. The van der Waals surface area contributed by atoms with Gasteiger partial charge in [-0.25, -0.2) is 4.98 Å². The van der Waals surface area contributed by atoms with Crippen molar-refractivity contribution in [3.05, 3.63) is 119 Å².